The lowest BCUT2D eigenvalue weighted by atomic mass is 10.2. The Bertz CT molecular complexity index is 844. The Kier molecular flexibility index (Phi) is 4.93. The molecule has 0 aliphatic rings. The van der Waals surface area contributed by atoms with Crippen LogP contribution in [-0.2, 0) is 0 Å². The maximum absolute atomic E-state index is 12.3. The van der Waals surface area contributed by atoms with Crippen LogP contribution in [0.1, 0.15) is 30.4 Å². The second-order valence-electron chi connectivity index (χ2n) is 5.19. The van der Waals surface area contributed by atoms with Crippen LogP contribution in [0.2, 0.25) is 0 Å². The van der Waals surface area contributed by atoms with Crippen LogP contribution >= 0.6 is 0 Å². The highest BCUT2D eigenvalue weighted by Crippen LogP contribution is 2.29. The predicted molar refractivity (Wildman–Crippen MR) is 86.5 cm³/mol. The Morgan fingerprint density at radius 3 is 2.62 bits per heavy atom. The molecule has 24 heavy (non-hydrogen) atoms. The van der Waals surface area contributed by atoms with Gasteiger partial charge in [0, 0.05) is 18.2 Å². The minimum Gasteiger partial charge on any atom is -0.495 e. The van der Waals surface area contributed by atoms with E-state index in [0.29, 0.717) is 0 Å². The van der Waals surface area contributed by atoms with Gasteiger partial charge in [0.15, 0.2) is 0 Å². The minimum atomic E-state index is -0.608. The van der Waals surface area contributed by atoms with Gasteiger partial charge in [-0.05, 0) is 26.0 Å². The molecule has 0 bridgehead atoms. The summed E-state index contributed by atoms with van der Waals surface area (Å²) in [7, 11) is 1.38. The number of carbonyl (C=O) groups is 1. The molecule has 1 aromatic heterocycles. The number of benzene rings is 1. The first-order valence-corrected chi connectivity index (χ1v) is 7.07. The summed E-state index contributed by atoms with van der Waals surface area (Å²) in [4.78, 5) is 34.3. The van der Waals surface area contributed by atoms with Crippen LogP contribution in [0.4, 0.5) is 11.4 Å². The number of anilines is 1. The molecule has 1 N–H and O–H groups in total. The third-order valence-corrected chi connectivity index (χ3v) is 3.19. The number of nitro groups is 1. The number of rotatable bonds is 5. The number of nitro benzene ring substituents is 1. The molecular weight excluding hydrogens is 316 g/mol. The lowest BCUT2D eigenvalue weighted by molar-refractivity contribution is -0.384. The average Bonchev–Trinajstić information content (AvgIpc) is 2.54. The highest BCUT2D eigenvalue weighted by molar-refractivity contribution is 6.03. The third-order valence-electron chi connectivity index (χ3n) is 3.19. The Balaban J connectivity index is 2.36. The van der Waals surface area contributed by atoms with Crippen molar-refractivity contribution in [2.75, 3.05) is 12.4 Å². The van der Waals surface area contributed by atoms with Crippen molar-refractivity contribution in [3.8, 4) is 5.75 Å². The van der Waals surface area contributed by atoms with Crippen molar-refractivity contribution < 1.29 is 14.5 Å². The third kappa shape index (κ3) is 3.57. The topological polar surface area (TPSA) is 116 Å². The van der Waals surface area contributed by atoms with E-state index in [4.69, 9.17) is 4.74 Å². The molecule has 0 unspecified atom stereocenters. The number of amides is 1. The van der Waals surface area contributed by atoms with E-state index in [1.165, 1.54) is 42.1 Å². The van der Waals surface area contributed by atoms with E-state index in [0.717, 1.165) is 0 Å². The molecule has 0 spiro atoms. The lowest BCUT2D eigenvalue weighted by Crippen LogP contribution is -2.27. The summed E-state index contributed by atoms with van der Waals surface area (Å²) in [5.74, 6) is -0.339. The molecule has 2 aromatic rings. The van der Waals surface area contributed by atoms with Gasteiger partial charge in [0.05, 0.1) is 23.8 Å². The standard InChI is InChI=1S/C15H16N4O5/c1-9(2)18-14(20)7-5-11(17-18)15(21)16-12-8-10(19(22)23)4-6-13(12)24-3/h4-9H,1-3H3,(H,16,21). The van der Waals surface area contributed by atoms with Crippen molar-refractivity contribution in [1.29, 1.82) is 0 Å². The molecule has 0 radical (unpaired) electrons. The number of nitrogens with one attached hydrogen (secondary N) is 1. The smallest absolute Gasteiger partial charge is 0.276 e. The maximum atomic E-state index is 12.3. The maximum Gasteiger partial charge on any atom is 0.276 e. The van der Waals surface area contributed by atoms with Crippen LogP contribution in [0.5, 0.6) is 5.75 Å². The van der Waals surface area contributed by atoms with Crippen LogP contribution in [-0.4, -0.2) is 27.7 Å². The Morgan fingerprint density at radius 1 is 1.33 bits per heavy atom. The summed E-state index contributed by atoms with van der Waals surface area (Å²) in [6.07, 6.45) is 0. The van der Waals surface area contributed by atoms with Gasteiger partial charge in [0.2, 0.25) is 0 Å². The average molecular weight is 332 g/mol. The van der Waals surface area contributed by atoms with E-state index >= 15 is 0 Å². The van der Waals surface area contributed by atoms with Crippen molar-refractivity contribution >= 4 is 17.3 Å². The Hall–Kier alpha value is -3.23. The van der Waals surface area contributed by atoms with Gasteiger partial charge in [0.1, 0.15) is 11.4 Å². The molecule has 0 saturated heterocycles. The van der Waals surface area contributed by atoms with Crippen molar-refractivity contribution in [2.24, 2.45) is 0 Å². The van der Waals surface area contributed by atoms with Crippen molar-refractivity contribution in [2.45, 2.75) is 19.9 Å². The van der Waals surface area contributed by atoms with Crippen molar-refractivity contribution in [3.63, 3.8) is 0 Å². The number of non-ortho nitro benzene ring substituents is 1. The number of ether oxygens (including phenoxy) is 1. The summed E-state index contributed by atoms with van der Waals surface area (Å²) in [6, 6.07) is 6.17. The molecule has 1 amide bonds. The van der Waals surface area contributed by atoms with Crippen LogP contribution in [0.25, 0.3) is 0 Å². The summed E-state index contributed by atoms with van der Waals surface area (Å²) < 4.78 is 6.27. The predicted octanol–water partition coefficient (Wildman–Crippen LogP) is 1.99. The summed E-state index contributed by atoms with van der Waals surface area (Å²) in [6.45, 7) is 3.53. The molecule has 9 nitrogen and oxygen atoms in total. The van der Waals surface area contributed by atoms with E-state index in [-0.39, 0.29) is 34.4 Å². The molecule has 0 aliphatic heterocycles. The fourth-order valence-corrected chi connectivity index (χ4v) is 2.01. The highest BCUT2D eigenvalue weighted by atomic mass is 16.6. The molecule has 9 heteroatoms. The fourth-order valence-electron chi connectivity index (χ4n) is 2.01. The van der Waals surface area contributed by atoms with Gasteiger partial charge in [-0.3, -0.25) is 19.7 Å². The van der Waals surface area contributed by atoms with E-state index in [1.54, 1.807) is 13.8 Å². The Morgan fingerprint density at radius 2 is 2.04 bits per heavy atom. The molecule has 1 heterocycles. The van der Waals surface area contributed by atoms with Crippen LogP contribution in [0, 0.1) is 10.1 Å². The van der Waals surface area contributed by atoms with Gasteiger partial charge in [-0.25, -0.2) is 4.68 Å². The quantitative estimate of drug-likeness (QED) is 0.661. The number of aromatic nitrogens is 2. The zero-order chi connectivity index (χ0) is 17.9. The number of methoxy groups -OCH3 is 1. The van der Waals surface area contributed by atoms with Gasteiger partial charge in [0.25, 0.3) is 17.2 Å². The molecular formula is C15H16N4O5. The van der Waals surface area contributed by atoms with E-state index in [1.807, 2.05) is 0 Å². The van der Waals surface area contributed by atoms with Crippen LogP contribution in [0.15, 0.2) is 35.1 Å². The summed E-state index contributed by atoms with van der Waals surface area (Å²) in [5.41, 5.74) is -0.363. The number of carbonyl (C=O) groups excluding carboxylic acids is 1. The van der Waals surface area contributed by atoms with Gasteiger partial charge in [-0.2, -0.15) is 5.10 Å². The van der Waals surface area contributed by atoms with Gasteiger partial charge in [-0.15, -0.1) is 0 Å². The number of hydrogen-bond acceptors (Lipinski definition) is 6. The molecule has 0 atom stereocenters. The molecule has 0 saturated carbocycles. The van der Waals surface area contributed by atoms with Gasteiger partial charge in [-0.1, -0.05) is 0 Å². The van der Waals surface area contributed by atoms with Crippen molar-refractivity contribution in [3.05, 3.63) is 56.5 Å². The fraction of sp³-hybridized carbons (Fsp3) is 0.267. The Labute approximate surface area is 137 Å². The van der Waals surface area contributed by atoms with Crippen LogP contribution in [0.3, 0.4) is 0 Å². The SMILES string of the molecule is COc1ccc([N+](=O)[O-])cc1NC(=O)c1ccc(=O)n(C(C)C)n1. The van der Waals surface area contributed by atoms with E-state index < -0.39 is 10.8 Å². The van der Waals surface area contributed by atoms with Crippen LogP contribution < -0.4 is 15.6 Å². The molecule has 1 aromatic carbocycles. The summed E-state index contributed by atoms with van der Waals surface area (Å²) >= 11 is 0. The zero-order valence-electron chi connectivity index (χ0n) is 13.3. The van der Waals surface area contributed by atoms with E-state index in [2.05, 4.69) is 10.4 Å². The minimum absolute atomic E-state index is 0.0110. The normalized spacial score (nSPS) is 10.5. The second kappa shape index (κ2) is 6.90. The first-order chi connectivity index (χ1) is 11.3. The molecule has 126 valence electrons. The molecule has 0 fully saturated rings. The molecule has 2 rings (SSSR count). The summed E-state index contributed by atoms with van der Waals surface area (Å²) in [5, 5.41) is 17.4. The zero-order valence-corrected chi connectivity index (χ0v) is 13.3. The monoisotopic (exact) mass is 332 g/mol. The molecule has 0 aliphatic carbocycles. The first kappa shape index (κ1) is 17.1. The van der Waals surface area contributed by atoms with E-state index in [9.17, 15) is 19.7 Å². The largest absolute Gasteiger partial charge is 0.495 e. The second-order valence-corrected chi connectivity index (χ2v) is 5.19. The highest BCUT2D eigenvalue weighted by Gasteiger charge is 2.16. The van der Waals surface area contributed by atoms with Gasteiger partial charge < -0.3 is 10.1 Å². The number of nitrogens with zero attached hydrogens (tertiary/aromatic N) is 3. The number of hydrogen-bond donors (Lipinski definition) is 1. The first-order valence-electron chi connectivity index (χ1n) is 7.07. The lowest BCUT2D eigenvalue weighted by Gasteiger charge is -2.12. The van der Waals surface area contributed by atoms with Crippen molar-refractivity contribution in [1.82, 2.24) is 9.78 Å². The van der Waals surface area contributed by atoms with Gasteiger partial charge >= 0.3 is 0 Å².